The zero-order chi connectivity index (χ0) is 14.5. The van der Waals surface area contributed by atoms with E-state index in [0.29, 0.717) is 12.1 Å². The largest absolute Gasteiger partial charge is 0.507 e. The summed E-state index contributed by atoms with van der Waals surface area (Å²) in [6.07, 6.45) is 2.11. The van der Waals surface area contributed by atoms with Gasteiger partial charge in [-0.2, -0.15) is 0 Å². The lowest BCUT2D eigenvalue weighted by Gasteiger charge is -2.19. The zero-order valence-corrected chi connectivity index (χ0v) is 12.1. The van der Waals surface area contributed by atoms with Crippen LogP contribution < -0.4 is 5.32 Å². The fourth-order valence-corrected chi connectivity index (χ4v) is 3.07. The Labute approximate surface area is 122 Å². The number of carbonyl (C=O) groups is 2. The maximum Gasteiger partial charge on any atom is 0.259 e. The highest BCUT2D eigenvalue weighted by molar-refractivity contribution is 8.03. The van der Waals surface area contributed by atoms with E-state index in [1.54, 1.807) is 23.9 Å². The summed E-state index contributed by atoms with van der Waals surface area (Å²) < 4.78 is 0. The Balaban J connectivity index is 2.24. The zero-order valence-electron chi connectivity index (χ0n) is 11.3. The van der Waals surface area contributed by atoms with Gasteiger partial charge in [0.2, 0.25) is 0 Å². The number of para-hydroxylation sites is 1. The third-order valence-electron chi connectivity index (χ3n) is 3.07. The number of phenolic OH excluding ortho intramolecular Hbond substituents is 1. The molecule has 1 aromatic carbocycles. The molecule has 2 rings (SSSR count). The normalized spacial score (nSPS) is 15.3. The van der Waals surface area contributed by atoms with Gasteiger partial charge in [0.15, 0.2) is 5.78 Å². The average Bonchev–Trinajstić information content (AvgIpc) is 2.43. The molecule has 0 unspecified atom stereocenters. The summed E-state index contributed by atoms with van der Waals surface area (Å²) in [5.41, 5.74) is 0.579. The summed E-state index contributed by atoms with van der Waals surface area (Å²) in [4.78, 5) is 25.1. The SMILES string of the molecule is CCSC1=C(NC(=O)c2ccccc2O)C(=O)CCC1. The molecule has 0 saturated carbocycles. The van der Waals surface area contributed by atoms with Crippen molar-refractivity contribution in [2.45, 2.75) is 26.2 Å². The van der Waals surface area contributed by atoms with Crippen LogP contribution in [0.5, 0.6) is 5.75 Å². The Hall–Kier alpha value is -1.75. The molecular formula is C15H17NO3S. The van der Waals surface area contributed by atoms with E-state index >= 15 is 0 Å². The Morgan fingerprint density at radius 3 is 2.80 bits per heavy atom. The predicted octanol–water partition coefficient (Wildman–Crippen LogP) is 2.84. The number of hydrogen-bond acceptors (Lipinski definition) is 4. The molecule has 1 amide bonds. The molecule has 0 heterocycles. The third-order valence-corrected chi connectivity index (χ3v) is 4.12. The Bertz CT molecular complexity index is 566. The summed E-state index contributed by atoms with van der Waals surface area (Å²) in [5, 5.41) is 12.3. The quantitative estimate of drug-likeness (QED) is 0.895. The molecule has 106 valence electrons. The van der Waals surface area contributed by atoms with Crippen LogP contribution in [0.15, 0.2) is 34.9 Å². The minimum atomic E-state index is -0.442. The standard InChI is InChI=1S/C15H17NO3S/c1-2-20-13-9-5-8-12(18)14(13)16-15(19)10-6-3-4-7-11(10)17/h3-4,6-7,17H,2,5,8-9H2,1H3,(H,16,19). The maximum atomic E-state index is 12.2. The van der Waals surface area contributed by atoms with E-state index in [0.717, 1.165) is 23.5 Å². The fraction of sp³-hybridized carbons (Fsp3) is 0.333. The average molecular weight is 291 g/mol. The molecule has 0 atom stereocenters. The van der Waals surface area contributed by atoms with Crippen LogP contribution in [0.4, 0.5) is 0 Å². The first-order valence-corrected chi connectivity index (χ1v) is 7.60. The second kappa shape index (κ2) is 6.61. The molecular weight excluding hydrogens is 274 g/mol. The van der Waals surface area contributed by atoms with Gasteiger partial charge in [-0.15, -0.1) is 11.8 Å². The number of aromatic hydroxyl groups is 1. The Morgan fingerprint density at radius 1 is 1.35 bits per heavy atom. The lowest BCUT2D eigenvalue weighted by atomic mass is 10.0. The molecule has 1 aliphatic carbocycles. The monoisotopic (exact) mass is 291 g/mol. The van der Waals surface area contributed by atoms with Crippen LogP contribution in [0.1, 0.15) is 36.5 Å². The number of phenols is 1. The Morgan fingerprint density at radius 2 is 2.10 bits per heavy atom. The van der Waals surface area contributed by atoms with E-state index in [1.807, 2.05) is 6.92 Å². The summed E-state index contributed by atoms with van der Waals surface area (Å²) in [5.74, 6) is 0.301. The summed E-state index contributed by atoms with van der Waals surface area (Å²) >= 11 is 1.59. The minimum Gasteiger partial charge on any atom is -0.507 e. The maximum absolute atomic E-state index is 12.2. The van der Waals surface area contributed by atoms with Crippen molar-refractivity contribution >= 4 is 23.5 Å². The van der Waals surface area contributed by atoms with Gasteiger partial charge in [0, 0.05) is 11.3 Å². The van der Waals surface area contributed by atoms with Crippen LogP contribution in [0.2, 0.25) is 0 Å². The number of amides is 1. The number of benzene rings is 1. The summed E-state index contributed by atoms with van der Waals surface area (Å²) in [7, 11) is 0. The highest BCUT2D eigenvalue weighted by atomic mass is 32.2. The molecule has 0 aromatic heterocycles. The van der Waals surface area contributed by atoms with Crippen LogP contribution in [0.25, 0.3) is 0 Å². The van der Waals surface area contributed by atoms with Crippen molar-refractivity contribution in [1.82, 2.24) is 5.32 Å². The van der Waals surface area contributed by atoms with Gasteiger partial charge in [-0.05, 0) is 30.7 Å². The van der Waals surface area contributed by atoms with E-state index in [2.05, 4.69) is 5.32 Å². The molecule has 0 radical (unpaired) electrons. The molecule has 2 N–H and O–H groups in total. The highest BCUT2D eigenvalue weighted by Crippen LogP contribution is 2.30. The van der Waals surface area contributed by atoms with Crippen LogP contribution in [-0.4, -0.2) is 22.5 Å². The first kappa shape index (κ1) is 14.7. The van der Waals surface area contributed by atoms with Gasteiger partial charge in [0.05, 0.1) is 11.3 Å². The number of hydrogen-bond donors (Lipinski definition) is 2. The summed E-state index contributed by atoms with van der Waals surface area (Å²) in [6.45, 7) is 2.01. The smallest absolute Gasteiger partial charge is 0.259 e. The molecule has 0 saturated heterocycles. The molecule has 0 aliphatic heterocycles. The Kier molecular flexibility index (Phi) is 4.84. The van der Waals surface area contributed by atoms with Gasteiger partial charge in [-0.1, -0.05) is 19.1 Å². The number of Topliss-reactive ketones (excluding diaryl/α,β-unsaturated/α-hetero) is 1. The third kappa shape index (κ3) is 3.22. The van der Waals surface area contributed by atoms with E-state index in [4.69, 9.17) is 0 Å². The minimum absolute atomic E-state index is 0.0315. The number of thioether (sulfide) groups is 1. The van der Waals surface area contributed by atoms with Crippen molar-refractivity contribution in [1.29, 1.82) is 0 Å². The van der Waals surface area contributed by atoms with Crippen molar-refractivity contribution in [2.75, 3.05) is 5.75 Å². The number of allylic oxidation sites excluding steroid dienone is 2. The van der Waals surface area contributed by atoms with Crippen molar-refractivity contribution in [3.63, 3.8) is 0 Å². The van der Waals surface area contributed by atoms with Gasteiger partial charge in [0.1, 0.15) is 5.75 Å². The predicted molar refractivity (Wildman–Crippen MR) is 79.6 cm³/mol. The van der Waals surface area contributed by atoms with Gasteiger partial charge in [-0.3, -0.25) is 9.59 Å². The van der Waals surface area contributed by atoms with Crippen molar-refractivity contribution < 1.29 is 14.7 Å². The molecule has 5 heteroatoms. The molecule has 0 bridgehead atoms. The van der Waals surface area contributed by atoms with Crippen molar-refractivity contribution in [2.24, 2.45) is 0 Å². The second-order valence-electron chi connectivity index (χ2n) is 4.48. The van der Waals surface area contributed by atoms with Crippen molar-refractivity contribution in [3.05, 3.63) is 40.4 Å². The molecule has 1 aromatic rings. The lowest BCUT2D eigenvalue weighted by molar-refractivity contribution is -0.116. The van der Waals surface area contributed by atoms with E-state index in [9.17, 15) is 14.7 Å². The topological polar surface area (TPSA) is 66.4 Å². The fourth-order valence-electron chi connectivity index (χ4n) is 2.12. The van der Waals surface area contributed by atoms with Crippen LogP contribution >= 0.6 is 11.8 Å². The van der Waals surface area contributed by atoms with Crippen LogP contribution in [0, 0.1) is 0 Å². The van der Waals surface area contributed by atoms with E-state index in [-0.39, 0.29) is 17.1 Å². The summed E-state index contributed by atoms with van der Waals surface area (Å²) in [6, 6.07) is 6.31. The van der Waals surface area contributed by atoms with Gasteiger partial charge in [0.25, 0.3) is 5.91 Å². The first-order chi connectivity index (χ1) is 9.63. The highest BCUT2D eigenvalue weighted by Gasteiger charge is 2.23. The second-order valence-corrected chi connectivity index (χ2v) is 5.84. The number of carbonyl (C=O) groups excluding carboxylic acids is 2. The number of nitrogens with one attached hydrogen (secondary N) is 1. The molecule has 1 aliphatic rings. The number of rotatable bonds is 4. The first-order valence-electron chi connectivity index (χ1n) is 6.62. The number of ketones is 1. The molecule has 0 fully saturated rings. The van der Waals surface area contributed by atoms with E-state index in [1.165, 1.54) is 12.1 Å². The van der Waals surface area contributed by atoms with E-state index < -0.39 is 5.91 Å². The van der Waals surface area contributed by atoms with Gasteiger partial charge < -0.3 is 10.4 Å². The molecule has 20 heavy (non-hydrogen) atoms. The van der Waals surface area contributed by atoms with Crippen LogP contribution in [-0.2, 0) is 4.79 Å². The van der Waals surface area contributed by atoms with Crippen molar-refractivity contribution in [3.8, 4) is 5.75 Å². The van der Waals surface area contributed by atoms with Gasteiger partial charge >= 0.3 is 0 Å². The molecule has 0 spiro atoms. The lowest BCUT2D eigenvalue weighted by Crippen LogP contribution is -2.30. The van der Waals surface area contributed by atoms with Crippen LogP contribution in [0.3, 0.4) is 0 Å². The van der Waals surface area contributed by atoms with Gasteiger partial charge in [-0.25, -0.2) is 0 Å². The molecule has 4 nitrogen and oxygen atoms in total.